The maximum atomic E-state index is 13.4. The molecule has 1 amide bonds. The van der Waals surface area contributed by atoms with Crippen molar-refractivity contribution in [1.29, 1.82) is 0 Å². The molecule has 160 valence electrons. The van der Waals surface area contributed by atoms with Crippen LogP contribution in [-0.4, -0.2) is 25.9 Å². The number of thioether (sulfide) groups is 1. The number of rotatable bonds is 6. The lowest BCUT2D eigenvalue weighted by atomic mass is 9.49. The number of hydrogen-bond acceptors (Lipinski definition) is 4. The minimum atomic E-state index is -0.153. The van der Waals surface area contributed by atoms with Crippen LogP contribution in [0.15, 0.2) is 29.4 Å². The molecular weight excluding hydrogens is 416 g/mol. The van der Waals surface area contributed by atoms with Gasteiger partial charge in [-0.3, -0.25) is 9.36 Å². The van der Waals surface area contributed by atoms with Gasteiger partial charge in [0, 0.05) is 10.7 Å². The van der Waals surface area contributed by atoms with E-state index in [4.69, 9.17) is 11.6 Å². The largest absolute Gasteiger partial charge is 0.348 e. The second-order valence-electron chi connectivity index (χ2n) is 9.73. The Hall–Kier alpha value is -1.53. The molecule has 0 aliphatic heterocycles. The van der Waals surface area contributed by atoms with E-state index >= 15 is 0 Å². The molecule has 1 aromatic heterocycles. The van der Waals surface area contributed by atoms with Gasteiger partial charge in [0.1, 0.15) is 0 Å². The van der Waals surface area contributed by atoms with Crippen LogP contribution in [0.4, 0.5) is 0 Å². The molecule has 6 rings (SSSR count). The summed E-state index contributed by atoms with van der Waals surface area (Å²) in [6.07, 6.45) is 7.21. The van der Waals surface area contributed by atoms with Crippen molar-refractivity contribution >= 4 is 29.3 Å². The molecule has 4 aliphatic rings. The number of halogens is 1. The zero-order chi connectivity index (χ0) is 20.9. The molecule has 4 fully saturated rings. The molecule has 30 heavy (non-hydrogen) atoms. The highest BCUT2D eigenvalue weighted by Gasteiger charge is 2.54. The second kappa shape index (κ2) is 7.86. The summed E-state index contributed by atoms with van der Waals surface area (Å²) in [6, 6.07) is 7.72. The molecule has 0 atom stereocenters. The van der Waals surface area contributed by atoms with Gasteiger partial charge in [0.25, 0.3) is 0 Å². The van der Waals surface area contributed by atoms with Crippen LogP contribution in [0.5, 0.6) is 0 Å². The molecule has 4 aliphatic carbocycles. The summed E-state index contributed by atoms with van der Waals surface area (Å²) in [7, 11) is 0. The zero-order valence-electron chi connectivity index (χ0n) is 17.6. The number of carbonyl (C=O) groups excluding carboxylic acids is 1. The van der Waals surface area contributed by atoms with E-state index in [0.717, 1.165) is 53.7 Å². The van der Waals surface area contributed by atoms with E-state index < -0.39 is 0 Å². The average Bonchev–Trinajstić information content (AvgIpc) is 3.07. The topological polar surface area (TPSA) is 59.8 Å². The third-order valence-electron chi connectivity index (χ3n) is 7.06. The molecule has 7 heteroatoms. The first-order valence-electron chi connectivity index (χ1n) is 11.1. The molecule has 1 aromatic carbocycles. The Bertz CT molecular complexity index is 921. The van der Waals surface area contributed by atoms with E-state index in [1.165, 1.54) is 19.3 Å². The zero-order valence-corrected chi connectivity index (χ0v) is 19.2. The van der Waals surface area contributed by atoms with Gasteiger partial charge < -0.3 is 5.32 Å². The van der Waals surface area contributed by atoms with E-state index in [-0.39, 0.29) is 11.3 Å². The summed E-state index contributed by atoms with van der Waals surface area (Å²) in [5.74, 6) is 3.20. The molecule has 5 nitrogen and oxygen atoms in total. The third kappa shape index (κ3) is 3.66. The Morgan fingerprint density at radius 2 is 1.80 bits per heavy atom. The van der Waals surface area contributed by atoms with Crippen LogP contribution in [0.3, 0.4) is 0 Å². The maximum Gasteiger partial charge on any atom is 0.226 e. The summed E-state index contributed by atoms with van der Waals surface area (Å²) < 4.78 is 1.99. The number of benzene rings is 1. The van der Waals surface area contributed by atoms with Gasteiger partial charge in [-0.2, -0.15) is 0 Å². The molecule has 1 heterocycles. The number of carbonyl (C=O) groups is 1. The van der Waals surface area contributed by atoms with Crippen LogP contribution in [0.2, 0.25) is 5.02 Å². The van der Waals surface area contributed by atoms with Crippen LogP contribution in [0, 0.1) is 23.2 Å². The average molecular weight is 445 g/mol. The summed E-state index contributed by atoms with van der Waals surface area (Å²) in [6.45, 7) is 4.63. The summed E-state index contributed by atoms with van der Waals surface area (Å²) in [4.78, 5) is 13.4. The van der Waals surface area contributed by atoms with E-state index in [0.29, 0.717) is 16.8 Å². The minimum absolute atomic E-state index is 0.153. The lowest BCUT2D eigenvalue weighted by Gasteiger charge is -2.55. The predicted octanol–water partition coefficient (Wildman–Crippen LogP) is 5.25. The van der Waals surface area contributed by atoms with Crippen LogP contribution in [-0.2, 0) is 11.3 Å². The fraction of sp³-hybridized carbons (Fsp3) is 0.609. The predicted molar refractivity (Wildman–Crippen MR) is 120 cm³/mol. The van der Waals surface area contributed by atoms with E-state index in [9.17, 15) is 4.79 Å². The van der Waals surface area contributed by atoms with Crippen molar-refractivity contribution in [1.82, 2.24) is 20.1 Å². The van der Waals surface area contributed by atoms with Gasteiger partial charge in [0.2, 0.25) is 5.91 Å². The number of aromatic nitrogens is 3. The fourth-order valence-corrected chi connectivity index (χ4v) is 7.35. The van der Waals surface area contributed by atoms with Crippen LogP contribution in [0.1, 0.15) is 58.2 Å². The van der Waals surface area contributed by atoms with Crippen LogP contribution >= 0.6 is 23.4 Å². The van der Waals surface area contributed by atoms with Gasteiger partial charge >= 0.3 is 0 Å². The Labute approximate surface area is 187 Å². The van der Waals surface area contributed by atoms with Gasteiger partial charge in [-0.25, -0.2) is 0 Å². The second-order valence-corrected chi connectivity index (χ2v) is 11.7. The molecule has 0 saturated heterocycles. The van der Waals surface area contributed by atoms with Crippen molar-refractivity contribution in [3.05, 3.63) is 35.1 Å². The molecular formula is C23H29ClN4OS. The van der Waals surface area contributed by atoms with Crippen molar-refractivity contribution in [3.8, 4) is 5.69 Å². The SMILES string of the molecule is CC(C)Sc1nnc(CNC(=O)C23CC4CC(CC(C4)C2)C3)n1-c1ccccc1Cl. The highest BCUT2D eigenvalue weighted by atomic mass is 35.5. The number of nitrogens with zero attached hydrogens (tertiary/aromatic N) is 3. The standard InChI is InChI=1S/C23H29ClN4OS/c1-14(2)30-22-27-26-20(28(22)19-6-4-3-5-18(19)24)13-25-21(29)23-10-15-7-16(11-23)9-17(8-15)12-23/h3-6,14-17H,7-13H2,1-2H3,(H,25,29). The molecule has 0 radical (unpaired) electrons. The molecule has 0 unspecified atom stereocenters. The lowest BCUT2D eigenvalue weighted by Crippen LogP contribution is -2.53. The summed E-state index contributed by atoms with van der Waals surface area (Å²) in [5, 5.41) is 13.9. The van der Waals surface area contributed by atoms with Gasteiger partial charge in [-0.1, -0.05) is 49.3 Å². The first-order valence-corrected chi connectivity index (χ1v) is 12.3. The monoisotopic (exact) mass is 444 g/mol. The van der Waals surface area contributed by atoms with Crippen LogP contribution in [0.25, 0.3) is 5.69 Å². The highest BCUT2D eigenvalue weighted by molar-refractivity contribution is 7.99. The Balaban J connectivity index is 1.38. The van der Waals surface area contributed by atoms with Gasteiger partial charge in [0.15, 0.2) is 11.0 Å². The quantitative estimate of drug-likeness (QED) is 0.618. The van der Waals surface area contributed by atoms with E-state index in [1.807, 2.05) is 28.8 Å². The third-order valence-corrected chi connectivity index (χ3v) is 8.33. The van der Waals surface area contributed by atoms with E-state index in [1.54, 1.807) is 11.8 Å². The first-order chi connectivity index (χ1) is 14.4. The molecule has 4 bridgehead atoms. The van der Waals surface area contributed by atoms with Crippen molar-refractivity contribution in [2.75, 3.05) is 0 Å². The molecule has 2 aromatic rings. The summed E-state index contributed by atoms with van der Waals surface area (Å²) in [5.41, 5.74) is 0.700. The Morgan fingerprint density at radius 3 is 2.40 bits per heavy atom. The minimum Gasteiger partial charge on any atom is -0.348 e. The normalized spacial score (nSPS) is 29.5. The van der Waals surface area contributed by atoms with Crippen LogP contribution < -0.4 is 5.32 Å². The number of nitrogens with one attached hydrogen (secondary N) is 1. The molecule has 4 saturated carbocycles. The van der Waals surface area contributed by atoms with Crippen molar-refractivity contribution < 1.29 is 4.79 Å². The maximum absolute atomic E-state index is 13.4. The molecule has 1 N–H and O–H groups in total. The fourth-order valence-electron chi connectivity index (χ4n) is 6.31. The van der Waals surface area contributed by atoms with Crippen molar-refractivity contribution in [2.24, 2.45) is 23.2 Å². The van der Waals surface area contributed by atoms with Crippen molar-refractivity contribution in [2.45, 2.75) is 69.3 Å². The van der Waals surface area contributed by atoms with Gasteiger partial charge in [-0.15, -0.1) is 10.2 Å². The molecule has 0 spiro atoms. The number of para-hydroxylation sites is 1. The Morgan fingerprint density at radius 1 is 1.17 bits per heavy atom. The first kappa shape index (κ1) is 20.4. The van der Waals surface area contributed by atoms with E-state index in [2.05, 4.69) is 29.4 Å². The number of hydrogen-bond donors (Lipinski definition) is 1. The number of amides is 1. The van der Waals surface area contributed by atoms with Gasteiger partial charge in [0.05, 0.1) is 17.3 Å². The smallest absolute Gasteiger partial charge is 0.226 e. The van der Waals surface area contributed by atoms with Gasteiger partial charge in [-0.05, 0) is 68.4 Å². The summed E-state index contributed by atoms with van der Waals surface area (Å²) >= 11 is 8.15. The van der Waals surface area contributed by atoms with Crippen molar-refractivity contribution in [3.63, 3.8) is 0 Å². The lowest BCUT2D eigenvalue weighted by molar-refractivity contribution is -0.146. The Kier molecular flexibility index (Phi) is 5.34. The highest BCUT2D eigenvalue weighted by Crippen LogP contribution is 2.60.